The lowest BCUT2D eigenvalue weighted by Crippen LogP contribution is -2.39. The lowest BCUT2D eigenvalue weighted by molar-refractivity contribution is -0.126. The highest BCUT2D eigenvalue weighted by molar-refractivity contribution is 5.79. The molecule has 1 unspecified atom stereocenters. The van der Waals surface area contributed by atoms with Crippen LogP contribution in [0.1, 0.15) is 31.2 Å². The van der Waals surface area contributed by atoms with Gasteiger partial charge in [-0.25, -0.2) is 0 Å². The number of nitrogens with zero attached hydrogens (tertiary/aromatic N) is 1. The van der Waals surface area contributed by atoms with Crippen LogP contribution < -0.4 is 10.1 Å². The van der Waals surface area contributed by atoms with E-state index in [1.165, 1.54) is 32.4 Å². The van der Waals surface area contributed by atoms with Gasteiger partial charge in [0.1, 0.15) is 12.4 Å². The number of piperidine rings is 1. The van der Waals surface area contributed by atoms with E-state index in [9.17, 15) is 4.79 Å². The molecule has 1 aromatic rings. The summed E-state index contributed by atoms with van der Waals surface area (Å²) in [6.07, 6.45) is 5.84. The van der Waals surface area contributed by atoms with Gasteiger partial charge in [0.15, 0.2) is 0 Å². The second-order valence-electron chi connectivity index (χ2n) is 6.37. The fraction of sp³-hybridized carbons (Fsp3) is 0.611. The topological polar surface area (TPSA) is 41.6 Å². The summed E-state index contributed by atoms with van der Waals surface area (Å²) in [5.74, 6) is 1.01. The lowest BCUT2D eigenvalue weighted by Gasteiger charge is -2.27. The van der Waals surface area contributed by atoms with Crippen molar-refractivity contribution in [1.29, 1.82) is 0 Å². The quantitative estimate of drug-likeness (QED) is 0.848. The lowest BCUT2D eigenvalue weighted by atomic mass is 9.96. The summed E-state index contributed by atoms with van der Waals surface area (Å²) in [6.45, 7) is 4.81. The molecule has 1 amide bonds. The molecule has 4 nitrogen and oxygen atoms in total. The first-order chi connectivity index (χ1) is 10.8. The van der Waals surface area contributed by atoms with Crippen LogP contribution in [0, 0.1) is 5.92 Å². The maximum absolute atomic E-state index is 12.3. The van der Waals surface area contributed by atoms with Crippen molar-refractivity contribution in [2.75, 3.05) is 32.8 Å². The Bertz CT molecular complexity index is 498. The van der Waals surface area contributed by atoms with Crippen molar-refractivity contribution in [3.8, 4) is 5.75 Å². The van der Waals surface area contributed by atoms with Gasteiger partial charge in [0.2, 0.25) is 5.91 Å². The molecule has 2 heterocycles. The van der Waals surface area contributed by atoms with E-state index in [0.717, 1.165) is 37.2 Å². The smallest absolute Gasteiger partial charge is 0.226 e. The minimum absolute atomic E-state index is 0.0510. The Kier molecular flexibility index (Phi) is 5.33. The molecule has 2 aliphatic rings. The summed E-state index contributed by atoms with van der Waals surface area (Å²) in [5.41, 5.74) is 1.14. The fourth-order valence-electron chi connectivity index (χ4n) is 3.34. The number of hydrogen-bond donors (Lipinski definition) is 1. The molecular formula is C18H26N2O2. The second-order valence-corrected chi connectivity index (χ2v) is 6.37. The summed E-state index contributed by atoms with van der Waals surface area (Å²) in [4.78, 5) is 14.8. The van der Waals surface area contributed by atoms with E-state index in [0.29, 0.717) is 6.61 Å². The van der Waals surface area contributed by atoms with E-state index in [1.54, 1.807) is 0 Å². The van der Waals surface area contributed by atoms with Crippen LogP contribution in [0.2, 0.25) is 0 Å². The van der Waals surface area contributed by atoms with E-state index in [4.69, 9.17) is 4.74 Å². The van der Waals surface area contributed by atoms with Crippen LogP contribution in [-0.2, 0) is 11.2 Å². The van der Waals surface area contributed by atoms with Crippen molar-refractivity contribution in [1.82, 2.24) is 10.2 Å². The van der Waals surface area contributed by atoms with Crippen LogP contribution in [0.4, 0.5) is 0 Å². The minimum Gasteiger partial charge on any atom is -0.492 e. The number of likely N-dealkylation sites (tertiary alicyclic amines) is 1. The highest BCUT2D eigenvalue weighted by Crippen LogP contribution is 2.26. The Morgan fingerprint density at radius 3 is 2.91 bits per heavy atom. The molecule has 1 atom stereocenters. The maximum Gasteiger partial charge on any atom is 0.226 e. The van der Waals surface area contributed by atoms with Crippen molar-refractivity contribution < 1.29 is 9.53 Å². The zero-order chi connectivity index (χ0) is 15.2. The molecule has 0 aromatic heterocycles. The summed E-state index contributed by atoms with van der Waals surface area (Å²) >= 11 is 0. The number of rotatable bonds is 5. The largest absolute Gasteiger partial charge is 0.492 e. The molecular weight excluding hydrogens is 276 g/mol. The molecule has 1 N–H and O–H groups in total. The summed E-state index contributed by atoms with van der Waals surface area (Å²) < 4.78 is 5.69. The van der Waals surface area contributed by atoms with Crippen LogP contribution >= 0.6 is 0 Å². The first kappa shape index (κ1) is 15.3. The van der Waals surface area contributed by atoms with Gasteiger partial charge < -0.3 is 15.0 Å². The average Bonchev–Trinajstić information content (AvgIpc) is 2.59. The van der Waals surface area contributed by atoms with E-state index in [2.05, 4.69) is 10.2 Å². The molecule has 0 bridgehead atoms. The number of fused-ring (bicyclic) bond motifs is 1. The average molecular weight is 302 g/mol. The summed E-state index contributed by atoms with van der Waals surface area (Å²) in [7, 11) is 0. The minimum atomic E-state index is -0.0510. The van der Waals surface area contributed by atoms with Gasteiger partial charge in [0.25, 0.3) is 0 Å². The van der Waals surface area contributed by atoms with Crippen LogP contribution in [0.25, 0.3) is 0 Å². The molecule has 2 aliphatic heterocycles. The van der Waals surface area contributed by atoms with Crippen LogP contribution in [0.3, 0.4) is 0 Å². The normalized spacial score (nSPS) is 21.7. The Hall–Kier alpha value is -1.55. The van der Waals surface area contributed by atoms with Gasteiger partial charge >= 0.3 is 0 Å². The Balaban J connectivity index is 1.37. The van der Waals surface area contributed by atoms with Crippen LogP contribution in [-0.4, -0.2) is 43.6 Å². The number of ether oxygens (including phenoxy) is 1. The third-order valence-electron chi connectivity index (χ3n) is 4.65. The number of hydrogen-bond acceptors (Lipinski definition) is 3. The highest BCUT2D eigenvalue weighted by Gasteiger charge is 2.25. The zero-order valence-electron chi connectivity index (χ0n) is 13.2. The predicted molar refractivity (Wildman–Crippen MR) is 87.0 cm³/mol. The molecule has 4 heteroatoms. The number of benzene rings is 1. The van der Waals surface area contributed by atoms with Gasteiger partial charge in [-0.15, -0.1) is 0 Å². The van der Waals surface area contributed by atoms with Gasteiger partial charge in [0.05, 0.1) is 5.92 Å². The van der Waals surface area contributed by atoms with Crippen molar-refractivity contribution in [2.45, 2.75) is 32.1 Å². The molecule has 0 aliphatic carbocycles. The van der Waals surface area contributed by atoms with Gasteiger partial charge in [-0.05, 0) is 56.9 Å². The summed E-state index contributed by atoms with van der Waals surface area (Å²) in [6, 6.07) is 7.99. The van der Waals surface area contributed by atoms with Crippen molar-refractivity contribution in [2.24, 2.45) is 5.92 Å². The summed E-state index contributed by atoms with van der Waals surface area (Å²) in [5, 5.41) is 3.08. The van der Waals surface area contributed by atoms with Gasteiger partial charge in [-0.2, -0.15) is 0 Å². The Labute approximate surface area is 132 Å². The molecule has 0 radical (unpaired) electrons. The van der Waals surface area contributed by atoms with E-state index < -0.39 is 0 Å². The van der Waals surface area contributed by atoms with Crippen molar-refractivity contribution in [3.63, 3.8) is 0 Å². The monoisotopic (exact) mass is 302 g/mol. The molecule has 0 spiro atoms. The first-order valence-electron chi connectivity index (χ1n) is 8.54. The molecule has 1 fully saturated rings. The SMILES string of the molecule is O=C(NCCCN1CCCCC1)C1COc2ccccc2C1. The van der Waals surface area contributed by atoms with Gasteiger partial charge in [-0.1, -0.05) is 24.6 Å². The van der Waals surface area contributed by atoms with E-state index >= 15 is 0 Å². The van der Waals surface area contributed by atoms with Crippen LogP contribution in [0.15, 0.2) is 24.3 Å². The Morgan fingerprint density at radius 2 is 2.05 bits per heavy atom. The van der Waals surface area contributed by atoms with Crippen molar-refractivity contribution in [3.05, 3.63) is 29.8 Å². The second kappa shape index (κ2) is 7.63. The molecule has 1 aromatic carbocycles. The number of para-hydroxylation sites is 1. The fourth-order valence-corrected chi connectivity index (χ4v) is 3.34. The maximum atomic E-state index is 12.3. The number of carbonyl (C=O) groups excluding carboxylic acids is 1. The zero-order valence-corrected chi connectivity index (χ0v) is 13.2. The van der Waals surface area contributed by atoms with Gasteiger partial charge in [-0.3, -0.25) is 4.79 Å². The van der Waals surface area contributed by atoms with Crippen LogP contribution in [0.5, 0.6) is 5.75 Å². The molecule has 120 valence electrons. The predicted octanol–water partition coefficient (Wildman–Crippen LogP) is 2.23. The first-order valence-corrected chi connectivity index (χ1v) is 8.54. The third kappa shape index (κ3) is 4.01. The number of amides is 1. The van der Waals surface area contributed by atoms with E-state index in [-0.39, 0.29) is 11.8 Å². The molecule has 22 heavy (non-hydrogen) atoms. The highest BCUT2D eigenvalue weighted by atomic mass is 16.5. The van der Waals surface area contributed by atoms with Gasteiger partial charge in [0, 0.05) is 6.54 Å². The molecule has 0 saturated carbocycles. The standard InChI is InChI=1S/C18H26N2O2/c21-18(19-9-6-12-20-10-4-1-5-11-20)16-13-15-7-2-3-8-17(15)22-14-16/h2-3,7-8,16H,1,4-6,9-14H2,(H,19,21). The van der Waals surface area contributed by atoms with Crippen molar-refractivity contribution >= 4 is 5.91 Å². The number of carbonyl (C=O) groups is 1. The molecule has 3 rings (SSSR count). The molecule has 1 saturated heterocycles. The van der Waals surface area contributed by atoms with E-state index in [1.807, 2.05) is 24.3 Å². The Morgan fingerprint density at radius 1 is 1.23 bits per heavy atom. The number of nitrogens with one attached hydrogen (secondary N) is 1. The third-order valence-corrected chi connectivity index (χ3v) is 4.65.